The van der Waals surface area contributed by atoms with Crippen LogP contribution in [0.1, 0.15) is 36.5 Å². The highest BCUT2D eigenvalue weighted by Gasteiger charge is 2.15. The van der Waals surface area contributed by atoms with Gasteiger partial charge in [0.15, 0.2) is 0 Å². The van der Waals surface area contributed by atoms with Crippen molar-refractivity contribution in [2.24, 2.45) is 5.92 Å². The molecule has 0 radical (unpaired) electrons. The van der Waals surface area contributed by atoms with Crippen LogP contribution >= 0.6 is 0 Å². The van der Waals surface area contributed by atoms with Crippen LogP contribution < -0.4 is 10.9 Å². The Morgan fingerprint density at radius 1 is 1.15 bits per heavy atom. The summed E-state index contributed by atoms with van der Waals surface area (Å²) in [6.45, 7) is 5.05. The van der Waals surface area contributed by atoms with E-state index in [-0.39, 0.29) is 11.5 Å². The third kappa shape index (κ3) is 3.99. The topological polar surface area (TPSA) is 64.0 Å². The molecule has 1 amide bonds. The molecule has 0 aliphatic rings. The number of benzene rings is 1. The summed E-state index contributed by atoms with van der Waals surface area (Å²) in [5.74, 6) is 0.181. The van der Waals surface area contributed by atoms with Crippen molar-refractivity contribution in [3.8, 4) is 0 Å². The number of carbonyl (C=O) groups excluding carboxylic acids is 1. The number of rotatable bonds is 6. The van der Waals surface area contributed by atoms with Crippen molar-refractivity contribution in [3.05, 3.63) is 76.5 Å². The number of pyridine rings is 2. The molecule has 0 atom stereocenters. The predicted octanol–water partition coefficient (Wildman–Crippen LogP) is 3.37. The molecule has 5 heteroatoms. The third-order valence-electron chi connectivity index (χ3n) is 4.34. The number of fused-ring (bicyclic) bond motifs is 1. The maximum atomic E-state index is 12.9. The summed E-state index contributed by atoms with van der Waals surface area (Å²) in [6, 6.07) is 14.7. The van der Waals surface area contributed by atoms with Crippen LogP contribution in [0, 0.1) is 5.92 Å². The van der Waals surface area contributed by atoms with Crippen molar-refractivity contribution in [3.63, 3.8) is 0 Å². The van der Waals surface area contributed by atoms with Crippen molar-refractivity contribution < 1.29 is 4.79 Å². The number of hydrogen-bond donors (Lipinski definition) is 1. The lowest BCUT2D eigenvalue weighted by Gasteiger charge is -2.15. The van der Waals surface area contributed by atoms with Crippen LogP contribution in [-0.4, -0.2) is 15.5 Å². The molecule has 134 valence electrons. The van der Waals surface area contributed by atoms with E-state index in [4.69, 9.17) is 0 Å². The van der Waals surface area contributed by atoms with E-state index in [1.807, 2.05) is 36.4 Å². The van der Waals surface area contributed by atoms with E-state index in [0.717, 1.165) is 17.5 Å². The van der Waals surface area contributed by atoms with Crippen molar-refractivity contribution >= 4 is 16.7 Å². The molecule has 3 rings (SSSR count). The quantitative estimate of drug-likeness (QED) is 0.742. The lowest BCUT2D eigenvalue weighted by molar-refractivity contribution is 0.0939. The lowest BCUT2D eigenvalue weighted by atomic mass is 10.1. The fourth-order valence-corrected chi connectivity index (χ4v) is 2.86. The smallest absolute Gasteiger partial charge is 0.268 e. The molecule has 2 aromatic heterocycles. The van der Waals surface area contributed by atoms with Gasteiger partial charge in [0.05, 0.1) is 12.2 Å². The van der Waals surface area contributed by atoms with Gasteiger partial charge in [0.25, 0.3) is 11.5 Å². The Morgan fingerprint density at radius 2 is 1.92 bits per heavy atom. The lowest BCUT2D eigenvalue weighted by Crippen LogP contribution is -2.32. The summed E-state index contributed by atoms with van der Waals surface area (Å²) < 4.78 is 1.59. The van der Waals surface area contributed by atoms with Crippen molar-refractivity contribution in [1.29, 1.82) is 0 Å². The first-order chi connectivity index (χ1) is 12.6. The highest BCUT2D eigenvalue weighted by molar-refractivity contribution is 5.96. The van der Waals surface area contributed by atoms with E-state index in [9.17, 15) is 9.59 Å². The zero-order valence-corrected chi connectivity index (χ0v) is 15.1. The molecule has 0 saturated carbocycles. The van der Waals surface area contributed by atoms with Crippen LogP contribution in [0.15, 0.2) is 59.5 Å². The van der Waals surface area contributed by atoms with Crippen molar-refractivity contribution in [1.82, 2.24) is 14.9 Å². The van der Waals surface area contributed by atoms with Crippen LogP contribution in [0.4, 0.5) is 0 Å². The average Bonchev–Trinajstić information content (AvgIpc) is 2.66. The summed E-state index contributed by atoms with van der Waals surface area (Å²) in [4.78, 5) is 29.9. The second-order valence-electron chi connectivity index (χ2n) is 6.76. The molecular formula is C21H23N3O2. The van der Waals surface area contributed by atoms with E-state index in [1.165, 1.54) is 0 Å². The van der Waals surface area contributed by atoms with Gasteiger partial charge in [-0.15, -0.1) is 0 Å². The van der Waals surface area contributed by atoms with Gasteiger partial charge in [-0.2, -0.15) is 0 Å². The zero-order valence-electron chi connectivity index (χ0n) is 15.1. The number of nitrogens with one attached hydrogen (secondary N) is 1. The third-order valence-corrected chi connectivity index (χ3v) is 4.34. The van der Waals surface area contributed by atoms with Crippen LogP contribution in [-0.2, 0) is 13.1 Å². The molecule has 0 spiro atoms. The number of nitrogens with zero attached hydrogens (tertiary/aromatic N) is 2. The summed E-state index contributed by atoms with van der Waals surface area (Å²) in [7, 11) is 0. The molecule has 0 fully saturated rings. The Hall–Kier alpha value is -2.95. The Morgan fingerprint density at radius 3 is 2.65 bits per heavy atom. The first-order valence-corrected chi connectivity index (χ1v) is 8.87. The second kappa shape index (κ2) is 7.95. The minimum Gasteiger partial charge on any atom is -0.345 e. The van der Waals surface area contributed by atoms with Crippen molar-refractivity contribution in [2.75, 3.05) is 0 Å². The first kappa shape index (κ1) is 17.9. The molecule has 0 saturated heterocycles. The number of amides is 1. The van der Waals surface area contributed by atoms with E-state index < -0.39 is 0 Å². The van der Waals surface area contributed by atoms with Gasteiger partial charge in [-0.05, 0) is 42.0 Å². The number of hydrogen-bond acceptors (Lipinski definition) is 3. The molecule has 5 nitrogen and oxygen atoms in total. The van der Waals surface area contributed by atoms with Crippen LogP contribution in [0.5, 0.6) is 0 Å². The summed E-state index contributed by atoms with van der Waals surface area (Å²) in [5, 5.41) is 4.29. The first-order valence-electron chi connectivity index (χ1n) is 8.87. The number of carbonyl (C=O) groups is 1. The highest BCUT2D eigenvalue weighted by atomic mass is 16.2. The molecule has 1 aromatic carbocycles. The maximum Gasteiger partial charge on any atom is 0.268 e. The fraction of sp³-hybridized carbons (Fsp3) is 0.286. The summed E-state index contributed by atoms with van der Waals surface area (Å²) in [6.07, 6.45) is 2.52. The molecule has 2 heterocycles. The second-order valence-corrected chi connectivity index (χ2v) is 6.76. The molecule has 1 N–H and O–H groups in total. The van der Waals surface area contributed by atoms with Gasteiger partial charge in [-0.25, -0.2) is 0 Å². The minimum absolute atomic E-state index is 0.119. The van der Waals surface area contributed by atoms with Gasteiger partial charge in [0.1, 0.15) is 5.69 Å². The minimum atomic E-state index is -0.262. The molecule has 0 aliphatic heterocycles. The van der Waals surface area contributed by atoms with Gasteiger partial charge in [-0.1, -0.05) is 38.1 Å². The predicted molar refractivity (Wildman–Crippen MR) is 103 cm³/mol. The van der Waals surface area contributed by atoms with Gasteiger partial charge >= 0.3 is 0 Å². The highest BCUT2D eigenvalue weighted by Crippen LogP contribution is 2.14. The largest absolute Gasteiger partial charge is 0.345 e. The van der Waals surface area contributed by atoms with E-state index in [2.05, 4.69) is 24.1 Å². The SMILES string of the molecule is CC(C)CCn1c(C(=O)NCc2ccccn2)cc2ccccc2c1=O. The molecule has 0 aliphatic carbocycles. The fourth-order valence-electron chi connectivity index (χ4n) is 2.86. The Bertz CT molecular complexity index is 962. The maximum absolute atomic E-state index is 12.9. The van der Waals surface area contributed by atoms with Crippen LogP contribution in [0.2, 0.25) is 0 Å². The molecule has 3 aromatic rings. The van der Waals surface area contributed by atoms with Crippen molar-refractivity contribution in [2.45, 2.75) is 33.4 Å². The van der Waals surface area contributed by atoms with Gasteiger partial charge < -0.3 is 9.88 Å². The Kier molecular flexibility index (Phi) is 5.46. The van der Waals surface area contributed by atoms with E-state index in [1.54, 1.807) is 22.9 Å². The van der Waals surface area contributed by atoms with Gasteiger partial charge in [0, 0.05) is 18.1 Å². The molecule has 26 heavy (non-hydrogen) atoms. The molecule has 0 unspecified atom stereocenters. The van der Waals surface area contributed by atoms with Crippen LogP contribution in [0.25, 0.3) is 10.8 Å². The average molecular weight is 349 g/mol. The summed E-state index contributed by atoms with van der Waals surface area (Å²) >= 11 is 0. The Labute approximate surface area is 152 Å². The molecular weight excluding hydrogens is 326 g/mol. The summed E-state index contributed by atoms with van der Waals surface area (Å²) in [5.41, 5.74) is 1.05. The molecule has 0 bridgehead atoms. The normalized spacial score (nSPS) is 11.0. The monoisotopic (exact) mass is 349 g/mol. The van der Waals surface area contributed by atoms with E-state index >= 15 is 0 Å². The number of aromatic nitrogens is 2. The van der Waals surface area contributed by atoms with Gasteiger partial charge in [-0.3, -0.25) is 14.6 Å². The standard InChI is InChI=1S/C21H23N3O2/c1-15(2)10-12-24-19(13-16-7-3-4-9-18(16)21(24)26)20(25)23-14-17-8-5-6-11-22-17/h3-9,11,13,15H,10,12,14H2,1-2H3,(H,23,25). The van der Waals surface area contributed by atoms with Crippen LogP contribution in [0.3, 0.4) is 0 Å². The van der Waals surface area contributed by atoms with E-state index in [0.29, 0.717) is 30.1 Å². The Balaban J connectivity index is 1.95. The zero-order chi connectivity index (χ0) is 18.5. The van der Waals surface area contributed by atoms with Gasteiger partial charge in [0.2, 0.25) is 0 Å².